The highest BCUT2D eigenvalue weighted by Crippen LogP contribution is 2.31. The summed E-state index contributed by atoms with van der Waals surface area (Å²) in [5, 5.41) is 3.84. The number of fused-ring (bicyclic) bond motifs is 2. The lowest BCUT2D eigenvalue weighted by Crippen LogP contribution is -2.15. The Bertz CT molecular complexity index is 1040. The maximum atomic E-state index is 12.3. The van der Waals surface area contributed by atoms with Crippen LogP contribution in [0.2, 0.25) is 0 Å². The minimum atomic E-state index is -0.0333. The average Bonchev–Trinajstić information content (AvgIpc) is 3.22. The van der Waals surface area contributed by atoms with Crippen LogP contribution in [0.3, 0.4) is 0 Å². The fourth-order valence-electron chi connectivity index (χ4n) is 2.55. The molecule has 0 fully saturated rings. The summed E-state index contributed by atoms with van der Waals surface area (Å²) in [6.07, 6.45) is 0. The van der Waals surface area contributed by atoms with E-state index >= 15 is 0 Å². The second-order valence-corrected chi connectivity index (χ2v) is 9.08. The molecule has 2 aromatic heterocycles. The van der Waals surface area contributed by atoms with Crippen molar-refractivity contribution in [3.05, 3.63) is 42.5 Å². The first-order chi connectivity index (χ1) is 12.7. The number of anilines is 1. The molecule has 0 aliphatic carbocycles. The van der Waals surface area contributed by atoms with E-state index in [2.05, 4.69) is 27.2 Å². The predicted octanol–water partition coefficient (Wildman–Crippen LogP) is 4.43. The number of aromatic nitrogens is 3. The van der Waals surface area contributed by atoms with Gasteiger partial charge in [-0.15, -0.1) is 11.3 Å². The smallest absolute Gasteiger partial charge is 0.315 e. The third kappa shape index (κ3) is 3.87. The summed E-state index contributed by atoms with van der Waals surface area (Å²) in [6, 6.07) is 13.8. The van der Waals surface area contributed by atoms with Crippen LogP contribution in [0, 0.1) is 0 Å². The number of thioether (sulfide) groups is 2. The van der Waals surface area contributed by atoms with Crippen molar-refractivity contribution in [2.45, 2.75) is 16.4 Å². The molecule has 0 aliphatic heterocycles. The van der Waals surface area contributed by atoms with E-state index < -0.39 is 0 Å². The molecule has 0 radical (unpaired) electrons. The van der Waals surface area contributed by atoms with Gasteiger partial charge in [0.15, 0.2) is 15.4 Å². The molecule has 0 saturated carbocycles. The molecule has 1 amide bonds. The number of hydrogen-bond donors (Lipinski definition) is 2. The molecule has 3 N–H and O–H groups in total. The second-order valence-electron chi connectivity index (χ2n) is 5.56. The predicted molar refractivity (Wildman–Crippen MR) is 110 cm³/mol. The number of para-hydroxylation sites is 2. The van der Waals surface area contributed by atoms with Gasteiger partial charge in [-0.1, -0.05) is 30.8 Å². The molecule has 5 nitrogen and oxygen atoms in total. The molecular weight excluding hydrogens is 384 g/mol. The number of benzene rings is 2. The summed E-state index contributed by atoms with van der Waals surface area (Å²) >= 11 is 4.85. The third-order valence-corrected chi connectivity index (χ3v) is 6.63. The normalized spacial score (nSPS) is 11.3. The lowest BCUT2D eigenvalue weighted by atomic mass is 10.3. The van der Waals surface area contributed by atoms with Gasteiger partial charge in [-0.25, -0.2) is 15.0 Å². The number of aromatic amines is 2. The minimum Gasteiger partial charge on any atom is -0.325 e. The molecule has 0 unspecified atom stereocenters. The largest absolute Gasteiger partial charge is 0.325 e. The summed E-state index contributed by atoms with van der Waals surface area (Å²) in [7, 11) is 0. The van der Waals surface area contributed by atoms with Gasteiger partial charge >= 0.3 is 5.16 Å². The third-order valence-electron chi connectivity index (χ3n) is 3.69. The van der Waals surface area contributed by atoms with E-state index in [1.807, 2.05) is 42.5 Å². The van der Waals surface area contributed by atoms with E-state index in [4.69, 9.17) is 0 Å². The van der Waals surface area contributed by atoms with E-state index in [1.165, 1.54) is 11.8 Å². The molecule has 0 bridgehead atoms. The van der Waals surface area contributed by atoms with Gasteiger partial charge in [0.2, 0.25) is 5.91 Å². The highest BCUT2D eigenvalue weighted by Gasteiger charge is 2.13. The van der Waals surface area contributed by atoms with Gasteiger partial charge in [0.25, 0.3) is 0 Å². The zero-order valence-corrected chi connectivity index (χ0v) is 16.5. The topological polar surface area (TPSA) is 71.9 Å². The monoisotopic (exact) mass is 401 g/mol. The number of imidazole rings is 1. The van der Waals surface area contributed by atoms with Crippen LogP contribution in [0.1, 0.15) is 6.92 Å². The molecule has 0 aliphatic rings. The van der Waals surface area contributed by atoms with Crippen molar-refractivity contribution in [1.82, 2.24) is 9.97 Å². The quantitative estimate of drug-likeness (QED) is 0.469. The number of nitrogens with zero attached hydrogens (tertiary/aromatic N) is 1. The van der Waals surface area contributed by atoms with Gasteiger partial charge in [0.05, 0.1) is 16.0 Å². The van der Waals surface area contributed by atoms with Gasteiger partial charge in [-0.3, -0.25) is 4.79 Å². The lowest BCUT2D eigenvalue weighted by Gasteiger charge is -2.03. The molecular formula is C18H17N4OS3+. The van der Waals surface area contributed by atoms with Gasteiger partial charge in [0, 0.05) is 5.69 Å². The highest BCUT2D eigenvalue weighted by atomic mass is 32.2. The van der Waals surface area contributed by atoms with Crippen LogP contribution in [0.5, 0.6) is 0 Å². The molecule has 0 atom stereocenters. The van der Waals surface area contributed by atoms with Gasteiger partial charge in [-0.05, 0) is 47.8 Å². The Labute approximate surface area is 163 Å². The van der Waals surface area contributed by atoms with Crippen molar-refractivity contribution >= 4 is 67.7 Å². The van der Waals surface area contributed by atoms with Crippen molar-refractivity contribution in [3.8, 4) is 0 Å². The van der Waals surface area contributed by atoms with Crippen LogP contribution in [-0.4, -0.2) is 27.4 Å². The Kier molecular flexibility index (Phi) is 5.14. The Morgan fingerprint density at radius 1 is 1.27 bits per heavy atom. The van der Waals surface area contributed by atoms with Crippen LogP contribution in [0.4, 0.5) is 5.69 Å². The van der Waals surface area contributed by atoms with Crippen LogP contribution < -0.4 is 10.3 Å². The maximum absolute atomic E-state index is 12.3. The fourth-order valence-corrected chi connectivity index (χ4v) is 5.27. The zero-order chi connectivity index (χ0) is 17.9. The van der Waals surface area contributed by atoms with Crippen molar-refractivity contribution in [2.24, 2.45) is 0 Å². The number of thiazole rings is 1. The van der Waals surface area contributed by atoms with E-state index in [0.717, 1.165) is 42.2 Å². The summed E-state index contributed by atoms with van der Waals surface area (Å²) < 4.78 is 2.16. The maximum Gasteiger partial charge on any atom is 0.315 e. The Morgan fingerprint density at radius 3 is 3.00 bits per heavy atom. The zero-order valence-electron chi connectivity index (χ0n) is 14.0. The highest BCUT2D eigenvalue weighted by molar-refractivity contribution is 8.01. The summed E-state index contributed by atoms with van der Waals surface area (Å²) in [5.41, 5.74) is 3.85. The average molecular weight is 402 g/mol. The van der Waals surface area contributed by atoms with Crippen molar-refractivity contribution in [3.63, 3.8) is 0 Å². The van der Waals surface area contributed by atoms with Crippen molar-refractivity contribution in [1.29, 1.82) is 0 Å². The first-order valence-electron chi connectivity index (χ1n) is 8.17. The van der Waals surface area contributed by atoms with Crippen LogP contribution in [0.25, 0.3) is 21.3 Å². The van der Waals surface area contributed by atoms with Crippen LogP contribution >= 0.6 is 34.9 Å². The summed E-state index contributed by atoms with van der Waals surface area (Å²) in [4.78, 5) is 23.4. The number of H-pyrrole nitrogens is 2. The fraction of sp³-hybridized carbons (Fsp3) is 0.167. The van der Waals surface area contributed by atoms with E-state index in [-0.39, 0.29) is 5.91 Å². The number of nitrogens with one attached hydrogen (secondary N) is 3. The van der Waals surface area contributed by atoms with Crippen molar-refractivity contribution < 1.29 is 9.78 Å². The van der Waals surface area contributed by atoms with E-state index in [9.17, 15) is 4.79 Å². The molecule has 2 aromatic carbocycles. The molecule has 2 heterocycles. The standard InChI is InChI=1S/C18H16N4OS3/c1-2-24-18-22-14-8-7-11(9-15(14)26-18)19-16(23)10-25-17-20-12-5-3-4-6-13(12)21-17/h3-9H,2,10H2,1H3,(H,19,23)(H,20,21)/p+1. The lowest BCUT2D eigenvalue weighted by molar-refractivity contribution is -0.396. The first kappa shape index (κ1) is 17.4. The molecule has 4 aromatic rings. The number of hydrogen-bond acceptors (Lipinski definition) is 5. The van der Waals surface area contributed by atoms with Gasteiger partial charge < -0.3 is 5.32 Å². The van der Waals surface area contributed by atoms with Gasteiger partial charge in [0.1, 0.15) is 0 Å². The summed E-state index contributed by atoms with van der Waals surface area (Å²) in [5.74, 6) is 1.31. The molecule has 8 heteroatoms. The Hall–Kier alpha value is -2.03. The molecule has 4 rings (SSSR count). The Morgan fingerprint density at radius 2 is 2.15 bits per heavy atom. The van der Waals surface area contributed by atoms with Crippen LogP contribution in [0.15, 0.2) is 52.0 Å². The van der Waals surface area contributed by atoms with Crippen LogP contribution in [-0.2, 0) is 4.79 Å². The molecule has 26 heavy (non-hydrogen) atoms. The van der Waals surface area contributed by atoms with Gasteiger partial charge in [-0.2, -0.15) is 0 Å². The molecule has 0 saturated heterocycles. The minimum absolute atomic E-state index is 0.0333. The molecule has 0 spiro atoms. The SMILES string of the molecule is CCSc1nc2ccc(NC(=O)CSc3[nH]c4ccccc4[nH+]3)cc2s1. The molecule has 132 valence electrons. The van der Waals surface area contributed by atoms with Crippen molar-refractivity contribution in [2.75, 3.05) is 16.8 Å². The second kappa shape index (κ2) is 7.69. The number of amides is 1. The van der Waals surface area contributed by atoms with E-state index in [0.29, 0.717) is 5.75 Å². The Balaban J connectivity index is 1.40. The number of carbonyl (C=O) groups is 1. The van der Waals surface area contributed by atoms with E-state index in [1.54, 1.807) is 23.1 Å². The first-order valence-corrected chi connectivity index (χ1v) is 11.0. The summed E-state index contributed by atoms with van der Waals surface area (Å²) in [6.45, 7) is 2.12. The number of carbonyl (C=O) groups excluding carboxylic acids is 1. The number of rotatable bonds is 6.